The van der Waals surface area contributed by atoms with Gasteiger partial charge in [0.2, 0.25) is 5.91 Å². The number of rotatable bonds is 5. The van der Waals surface area contributed by atoms with E-state index in [1.54, 1.807) is 0 Å². The number of nitrogens with one attached hydrogen (secondary N) is 1. The van der Waals surface area contributed by atoms with Crippen LogP contribution in [0.1, 0.15) is 42.7 Å². The smallest absolute Gasteiger partial charge is 0.222 e. The summed E-state index contributed by atoms with van der Waals surface area (Å²) < 4.78 is 5.24. The maximum Gasteiger partial charge on any atom is 0.222 e. The van der Waals surface area contributed by atoms with Crippen molar-refractivity contribution in [1.82, 2.24) is 20.3 Å². The number of carbonyl (C=O) groups is 1. The van der Waals surface area contributed by atoms with Gasteiger partial charge in [0.05, 0.1) is 5.69 Å². The van der Waals surface area contributed by atoms with Crippen LogP contribution in [-0.2, 0) is 11.3 Å². The molecule has 26 heavy (non-hydrogen) atoms. The summed E-state index contributed by atoms with van der Waals surface area (Å²) in [5, 5.41) is 7.41. The van der Waals surface area contributed by atoms with Gasteiger partial charge in [-0.1, -0.05) is 5.16 Å². The fraction of sp³-hybridized carbons (Fsp3) is 0.778. The predicted molar refractivity (Wildman–Crippen MR) is 107 cm³/mol. The Labute approximate surface area is 168 Å². The number of amides is 1. The molecule has 0 bridgehead atoms. The molecule has 6 nitrogen and oxygen atoms in total. The van der Waals surface area contributed by atoms with Gasteiger partial charge in [-0.15, -0.1) is 24.8 Å². The Bertz CT molecular complexity index is 534. The number of hydrogen-bond donors (Lipinski definition) is 1. The Morgan fingerprint density at radius 2 is 1.81 bits per heavy atom. The van der Waals surface area contributed by atoms with Gasteiger partial charge in [-0.05, 0) is 52.1 Å². The van der Waals surface area contributed by atoms with Crippen molar-refractivity contribution in [2.45, 2.75) is 46.1 Å². The Morgan fingerprint density at radius 1 is 1.15 bits per heavy atom. The van der Waals surface area contributed by atoms with Crippen LogP contribution >= 0.6 is 24.8 Å². The molecule has 1 aromatic heterocycles. The van der Waals surface area contributed by atoms with Gasteiger partial charge < -0.3 is 14.7 Å². The number of hydrogen-bond acceptors (Lipinski definition) is 5. The summed E-state index contributed by atoms with van der Waals surface area (Å²) in [5.41, 5.74) is 2.17. The fourth-order valence-corrected chi connectivity index (χ4v) is 3.76. The van der Waals surface area contributed by atoms with Gasteiger partial charge >= 0.3 is 0 Å². The Hall–Kier alpha value is -0.820. The molecule has 0 aromatic carbocycles. The molecule has 2 aliphatic heterocycles. The summed E-state index contributed by atoms with van der Waals surface area (Å²) in [6.45, 7) is 10.6. The first-order valence-corrected chi connectivity index (χ1v) is 9.26. The molecular weight excluding hydrogens is 375 g/mol. The van der Waals surface area contributed by atoms with Crippen molar-refractivity contribution < 1.29 is 9.32 Å². The summed E-state index contributed by atoms with van der Waals surface area (Å²) >= 11 is 0. The van der Waals surface area contributed by atoms with Crippen LogP contribution in [0.25, 0.3) is 0 Å². The minimum atomic E-state index is 0. The van der Waals surface area contributed by atoms with E-state index in [9.17, 15) is 4.79 Å². The highest BCUT2D eigenvalue weighted by Gasteiger charge is 2.23. The van der Waals surface area contributed by atoms with Crippen LogP contribution in [0.3, 0.4) is 0 Å². The number of piperazine rings is 1. The van der Waals surface area contributed by atoms with E-state index in [1.807, 2.05) is 18.7 Å². The van der Waals surface area contributed by atoms with Crippen molar-refractivity contribution in [1.29, 1.82) is 0 Å². The third kappa shape index (κ3) is 6.12. The first-order chi connectivity index (χ1) is 11.6. The molecule has 8 heteroatoms. The van der Waals surface area contributed by atoms with Crippen molar-refractivity contribution >= 4 is 30.7 Å². The van der Waals surface area contributed by atoms with E-state index in [-0.39, 0.29) is 24.8 Å². The van der Waals surface area contributed by atoms with E-state index in [0.29, 0.717) is 12.3 Å². The molecule has 3 heterocycles. The molecule has 1 amide bonds. The highest BCUT2D eigenvalue weighted by atomic mass is 35.5. The topological polar surface area (TPSA) is 61.6 Å². The predicted octanol–water partition coefficient (Wildman–Crippen LogP) is 2.56. The maximum absolute atomic E-state index is 12.4. The van der Waals surface area contributed by atoms with E-state index < -0.39 is 0 Å². The Balaban J connectivity index is 0.00000169. The van der Waals surface area contributed by atoms with Gasteiger partial charge in [0.1, 0.15) is 5.76 Å². The van der Waals surface area contributed by atoms with Gasteiger partial charge in [-0.2, -0.15) is 0 Å². The monoisotopic (exact) mass is 406 g/mol. The lowest BCUT2D eigenvalue weighted by atomic mass is 9.93. The molecule has 0 unspecified atom stereocenters. The fourth-order valence-electron chi connectivity index (χ4n) is 3.76. The van der Waals surface area contributed by atoms with Gasteiger partial charge in [-0.3, -0.25) is 9.69 Å². The van der Waals surface area contributed by atoms with E-state index >= 15 is 0 Å². The quantitative estimate of drug-likeness (QED) is 0.813. The molecule has 1 N–H and O–H groups in total. The molecule has 0 atom stereocenters. The van der Waals surface area contributed by atoms with E-state index in [4.69, 9.17) is 4.52 Å². The molecule has 0 spiro atoms. The molecule has 2 aliphatic rings. The zero-order valence-electron chi connectivity index (χ0n) is 15.8. The van der Waals surface area contributed by atoms with E-state index in [2.05, 4.69) is 15.4 Å². The number of aromatic nitrogens is 1. The molecule has 2 fully saturated rings. The third-order valence-corrected chi connectivity index (χ3v) is 5.51. The second kappa shape index (κ2) is 11.1. The lowest BCUT2D eigenvalue weighted by Crippen LogP contribution is -2.48. The van der Waals surface area contributed by atoms with Gasteiger partial charge in [0, 0.05) is 44.7 Å². The summed E-state index contributed by atoms with van der Waals surface area (Å²) in [6, 6.07) is 0. The minimum Gasteiger partial charge on any atom is -0.361 e. The molecule has 0 saturated carbocycles. The van der Waals surface area contributed by atoms with Crippen LogP contribution in [0.2, 0.25) is 0 Å². The number of halogens is 2. The average molecular weight is 407 g/mol. The van der Waals surface area contributed by atoms with E-state index in [0.717, 1.165) is 69.6 Å². The normalized spacial score (nSPS) is 18.9. The molecule has 2 saturated heterocycles. The lowest BCUT2D eigenvalue weighted by Gasteiger charge is -2.35. The molecule has 3 rings (SSSR count). The van der Waals surface area contributed by atoms with Crippen molar-refractivity contribution in [2.24, 2.45) is 5.92 Å². The third-order valence-electron chi connectivity index (χ3n) is 5.51. The number of piperidine rings is 1. The number of aryl methyl sites for hydroxylation is 2. The molecule has 0 radical (unpaired) electrons. The lowest BCUT2D eigenvalue weighted by molar-refractivity contribution is -0.133. The van der Waals surface area contributed by atoms with Crippen LogP contribution in [0.4, 0.5) is 0 Å². The molecule has 1 aromatic rings. The van der Waals surface area contributed by atoms with Gasteiger partial charge in [0.25, 0.3) is 0 Å². The van der Waals surface area contributed by atoms with Crippen LogP contribution in [-0.4, -0.2) is 60.1 Å². The van der Waals surface area contributed by atoms with Crippen LogP contribution in [0, 0.1) is 19.8 Å². The first kappa shape index (κ1) is 23.2. The second-order valence-corrected chi connectivity index (χ2v) is 7.19. The van der Waals surface area contributed by atoms with Crippen LogP contribution in [0.5, 0.6) is 0 Å². The standard InChI is InChI=1S/C18H30N4O2.2ClH/c1-14-17(15(2)24-20-14)13-21-9-11-22(12-10-21)18(23)4-3-16-5-7-19-8-6-16;;/h16,19H,3-13H2,1-2H3;2*1H. The number of nitrogens with zero attached hydrogens (tertiary/aromatic N) is 3. The first-order valence-electron chi connectivity index (χ1n) is 9.26. The van der Waals surface area contributed by atoms with Gasteiger partial charge in [0.15, 0.2) is 0 Å². The van der Waals surface area contributed by atoms with Crippen molar-refractivity contribution in [3.8, 4) is 0 Å². The van der Waals surface area contributed by atoms with E-state index in [1.165, 1.54) is 18.4 Å². The van der Waals surface area contributed by atoms with Crippen LogP contribution < -0.4 is 5.32 Å². The van der Waals surface area contributed by atoms with Gasteiger partial charge in [-0.25, -0.2) is 0 Å². The SMILES string of the molecule is Cc1noc(C)c1CN1CCN(C(=O)CCC2CCNCC2)CC1.Cl.Cl. The number of carbonyl (C=O) groups excluding carboxylic acids is 1. The maximum atomic E-state index is 12.4. The average Bonchev–Trinajstić information content (AvgIpc) is 2.93. The molecular formula is C18H32Cl2N4O2. The zero-order chi connectivity index (χ0) is 16.9. The summed E-state index contributed by atoms with van der Waals surface area (Å²) in [7, 11) is 0. The van der Waals surface area contributed by atoms with Crippen molar-refractivity contribution in [2.75, 3.05) is 39.3 Å². The largest absolute Gasteiger partial charge is 0.361 e. The Kier molecular flexibility index (Phi) is 9.93. The van der Waals surface area contributed by atoms with Crippen molar-refractivity contribution in [3.05, 3.63) is 17.0 Å². The summed E-state index contributed by atoms with van der Waals surface area (Å²) in [4.78, 5) is 16.9. The van der Waals surface area contributed by atoms with Crippen molar-refractivity contribution in [3.63, 3.8) is 0 Å². The zero-order valence-corrected chi connectivity index (χ0v) is 17.5. The minimum absolute atomic E-state index is 0. The van der Waals surface area contributed by atoms with Crippen LogP contribution in [0.15, 0.2) is 4.52 Å². The highest BCUT2D eigenvalue weighted by molar-refractivity contribution is 5.85. The summed E-state index contributed by atoms with van der Waals surface area (Å²) in [6.07, 6.45) is 4.21. The second-order valence-electron chi connectivity index (χ2n) is 7.19. The molecule has 0 aliphatic carbocycles. The highest BCUT2D eigenvalue weighted by Crippen LogP contribution is 2.20. The summed E-state index contributed by atoms with van der Waals surface area (Å²) in [5.74, 6) is 1.98. The molecule has 150 valence electrons. The Morgan fingerprint density at radius 3 is 2.38 bits per heavy atom.